The van der Waals surface area contributed by atoms with Crippen LogP contribution in [0.5, 0.6) is 0 Å². The van der Waals surface area contributed by atoms with Gasteiger partial charge in [0.2, 0.25) is 0 Å². The first kappa shape index (κ1) is 13.4. The maximum Gasteiger partial charge on any atom is 0.142 e. The molecule has 19 heavy (non-hydrogen) atoms. The highest BCUT2D eigenvalue weighted by atomic mass is 35.5. The van der Waals surface area contributed by atoms with E-state index in [-0.39, 0.29) is 17.7 Å². The van der Waals surface area contributed by atoms with Crippen LogP contribution in [0.25, 0.3) is 0 Å². The van der Waals surface area contributed by atoms with Crippen molar-refractivity contribution in [1.29, 1.82) is 0 Å². The van der Waals surface area contributed by atoms with Crippen LogP contribution in [0.15, 0.2) is 18.2 Å². The number of carbonyl (C=O) groups is 1. The van der Waals surface area contributed by atoms with Gasteiger partial charge < -0.3 is 5.73 Å². The lowest BCUT2D eigenvalue weighted by Crippen LogP contribution is -2.40. The molecule has 4 unspecified atom stereocenters. The van der Waals surface area contributed by atoms with E-state index in [4.69, 9.17) is 28.9 Å². The van der Waals surface area contributed by atoms with Crippen LogP contribution in [-0.2, 0) is 11.2 Å². The zero-order chi connectivity index (χ0) is 13.6. The molecule has 0 aromatic heterocycles. The van der Waals surface area contributed by atoms with Crippen molar-refractivity contribution < 1.29 is 4.79 Å². The van der Waals surface area contributed by atoms with Crippen molar-refractivity contribution in [3.8, 4) is 0 Å². The third-order valence-corrected chi connectivity index (χ3v) is 5.32. The minimum Gasteiger partial charge on any atom is -0.327 e. The first-order valence-electron chi connectivity index (χ1n) is 6.78. The van der Waals surface area contributed by atoms with Crippen LogP contribution in [0.2, 0.25) is 10.0 Å². The summed E-state index contributed by atoms with van der Waals surface area (Å²) >= 11 is 12.0. The van der Waals surface area contributed by atoms with Gasteiger partial charge in [0.15, 0.2) is 0 Å². The van der Waals surface area contributed by atoms with Crippen molar-refractivity contribution in [1.82, 2.24) is 0 Å². The van der Waals surface area contributed by atoms with Crippen LogP contribution in [0.1, 0.15) is 24.8 Å². The molecule has 4 atom stereocenters. The molecule has 2 saturated carbocycles. The van der Waals surface area contributed by atoms with Gasteiger partial charge in [-0.15, -0.1) is 0 Å². The molecular formula is C15H17Cl2NO. The summed E-state index contributed by atoms with van der Waals surface area (Å²) in [7, 11) is 0. The van der Waals surface area contributed by atoms with Crippen molar-refractivity contribution in [3.05, 3.63) is 33.8 Å². The molecule has 2 N–H and O–H groups in total. The van der Waals surface area contributed by atoms with E-state index in [0.717, 1.165) is 18.4 Å². The molecule has 0 saturated heterocycles. The number of nitrogens with two attached hydrogens (primary N) is 1. The summed E-state index contributed by atoms with van der Waals surface area (Å²) in [5, 5.41) is 1.16. The summed E-state index contributed by atoms with van der Waals surface area (Å²) in [6, 6.07) is 5.35. The maximum absolute atomic E-state index is 12.5. The van der Waals surface area contributed by atoms with Gasteiger partial charge in [0.05, 0.1) is 0 Å². The van der Waals surface area contributed by atoms with Crippen LogP contribution >= 0.6 is 23.2 Å². The SMILES string of the molecule is NC1C2CCC(C2)C1C(=O)Cc1ccc(Cl)cc1Cl. The first-order chi connectivity index (χ1) is 9.06. The van der Waals surface area contributed by atoms with Crippen LogP contribution in [-0.4, -0.2) is 11.8 Å². The minimum atomic E-state index is 0.0329. The molecule has 1 aromatic rings. The average molecular weight is 298 g/mol. The molecule has 0 radical (unpaired) electrons. The Morgan fingerprint density at radius 3 is 2.63 bits per heavy atom. The van der Waals surface area contributed by atoms with Crippen LogP contribution in [0.4, 0.5) is 0 Å². The smallest absolute Gasteiger partial charge is 0.142 e. The molecule has 2 aliphatic carbocycles. The molecule has 0 spiro atoms. The van der Waals surface area contributed by atoms with E-state index in [1.165, 1.54) is 6.42 Å². The number of ketones is 1. The number of rotatable bonds is 3. The van der Waals surface area contributed by atoms with Crippen LogP contribution in [0.3, 0.4) is 0 Å². The van der Waals surface area contributed by atoms with Gasteiger partial charge in [0.1, 0.15) is 5.78 Å². The van der Waals surface area contributed by atoms with Gasteiger partial charge in [0, 0.05) is 28.4 Å². The Morgan fingerprint density at radius 2 is 2.00 bits per heavy atom. The fourth-order valence-electron chi connectivity index (χ4n) is 3.78. The monoisotopic (exact) mass is 297 g/mol. The fraction of sp³-hybridized carbons (Fsp3) is 0.533. The second kappa shape index (κ2) is 5.08. The maximum atomic E-state index is 12.5. The van der Waals surface area contributed by atoms with Gasteiger partial charge in [-0.2, -0.15) is 0 Å². The van der Waals surface area contributed by atoms with Crippen molar-refractivity contribution >= 4 is 29.0 Å². The van der Waals surface area contributed by atoms with E-state index < -0.39 is 0 Å². The number of carbonyl (C=O) groups excluding carboxylic acids is 1. The summed E-state index contributed by atoms with van der Waals surface area (Å²) in [6.07, 6.45) is 3.85. The van der Waals surface area contributed by atoms with E-state index in [2.05, 4.69) is 0 Å². The van der Waals surface area contributed by atoms with Gasteiger partial charge in [-0.3, -0.25) is 4.79 Å². The average Bonchev–Trinajstić information content (AvgIpc) is 2.93. The van der Waals surface area contributed by atoms with Crippen molar-refractivity contribution in [2.75, 3.05) is 0 Å². The normalized spacial score (nSPS) is 32.8. The van der Waals surface area contributed by atoms with Crippen molar-refractivity contribution in [3.63, 3.8) is 0 Å². The number of benzene rings is 1. The fourth-order valence-corrected chi connectivity index (χ4v) is 4.26. The zero-order valence-corrected chi connectivity index (χ0v) is 12.1. The summed E-state index contributed by atoms with van der Waals surface area (Å²) in [5.41, 5.74) is 7.06. The molecule has 2 aliphatic rings. The highest BCUT2D eigenvalue weighted by Crippen LogP contribution is 2.48. The van der Waals surface area contributed by atoms with Gasteiger partial charge >= 0.3 is 0 Å². The third kappa shape index (κ3) is 2.42. The van der Waals surface area contributed by atoms with Gasteiger partial charge in [-0.1, -0.05) is 29.3 Å². The molecule has 2 bridgehead atoms. The molecular weight excluding hydrogens is 281 g/mol. The summed E-state index contributed by atoms with van der Waals surface area (Å²) in [5.74, 6) is 1.33. The Kier molecular flexibility index (Phi) is 3.59. The lowest BCUT2D eigenvalue weighted by molar-refractivity contribution is -0.124. The van der Waals surface area contributed by atoms with Crippen LogP contribution < -0.4 is 5.73 Å². The number of Topliss-reactive ketones (excluding diaryl/α,β-unsaturated/α-hetero) is 1. The molecule has 0 aliphatic heterocycles. The Morgan fingerprint density at radius 1 is 1.26 bits per heavy atom. The van der Waals surface area contributed by atoms with Crippen LogP contribution in [0, 0.1) is 17.8 Å². The zero-order valence-electron chi connectivity index (χ0n) is 10.6. The third-order valence-electron chi connectivity index (χ3n) is 4.73. The van der Waals surface area contributed by atoms with Gasteiger partial charge in [-0.05, 0) is 48.8 Å². The second-order valence-electron chi connectivity index (χ2n) is 5.82. The standard InChI is InChI=1S/C15H17Cl2NO/c16-11-4-3-8(12(17)7-11)6-13(19)14-9-1-2-10(5-9)15(14)18/h3-4,7,9-10,14-15H,1-2,5-6,18H2. The molecule has 2 nitrogen and oxygen atoms in total. The van der Waals surface area contributed by atoms with Gasteiger partial charge in [0.25, 0.3) is 0 Å². The lowest BCUT2D eigenvalue weighted by atomic mass is 9.80. The predicted molar refractivity (Wildman–Crippen MR) is 77.5 cm³/mol. The lowest BCUT2D eigenvalue weighted by Gasteiger charge is -2.27. The Balaban J connectivity index is 1.75. The number of halogens is 2. The molecule has 0 heterocycles. The minimum absolute atomic E-state index is 0.0329. The Hall–Kier alpha value is -0.570. The number of fused-ring (bicyclic) bond motifs is 2. The second-order valence-corrected chi connectivity index (χ2v) is 6.66. The topological polar surface area (TPSA) is 43.1 Å². The number of hydrogen-bond donors (Lipinski definition) is 1. The van der Waals surface area contributed by atoms with E-state index in [9.17, 15) is 4.79 Å². The first-order valence-corrected chi connectivity index (χ1v) is 7.54. The van der Waals surface area contributed by atoms with Gasteiger partial charge in [-0.25, -0.2) is 0 Å². The largest absolute Gasteiger partial charge is 0.327 e. The van der Waals surface area contributed by atoms with E-state index in [0.29, 0.717) is 28.3 Å². The molecule has 4 heteroatoms. The van der Waals surface area contributed by atoms with E-state index >= 15 is 0 Å². The summed E-state index contributed by atoms with van der Waals surface area (Å²) < 4.78 is 0. The van der Waals surface area contributed by atoms with Crippen molar-refractivity contribution in [2.45, 2.75) is 31.7 Å². The molecule has 2 fully saturated rings. The predicted octanol–water partition coefficient (Wildman–Crippen LogP) is 3.48. The molecule has 0 amide bonds. The molecule has 102 valence electrons. The number of hydrogen-bond acceptors (Lipinski definition) is 2. The summed E-state index contributed by atoms with van der Waals surface area (Å²) in [6.45, 7) is 0. The van der Waals surface area contributed by atoms with Crippen molar-refractivity contribution in [2.24, 2.45) is 23.5 Å². The molecule has 1 aromatic carbocycles. The molecule has 3 rings (SSSR count). The Bertz CT molecular complexity index is 515. The Labute approximate surface area is 123 Å². The van der Waals surface area contributed by atoms with E-state index in [1.807, 2.05) is 6.07 Å². The summed E-state index contributed by atoms with van der Waals surface area (Å²) in [4.78, 5) is 12.5. The quantitative estimate of drug-likeness (QED) is 0.928. The highest BCUT2D eigenvalue weighted by molar-refractivity contribution is 6.35. The van der Waals surface area contributed by atoms with E-state index in [1.54, 1.807) is 12.1 Å². The highest BCUT2D eigenvalue weighted by Gasteiger charge is 2.48.